The number of quaternary nitrogens is 1. The van der Waals surface area contributed by atoms with E-state index >= 15 is 0 Å². The van der Waals surface area contributed by atoms with Crippen molar-refractivity contribution in [3.8, 4) is 16.9 Å². The molecule has 0 amide bonds. The van der Waals surface area contributed by atoms with Gasteiger partial charge in [-0.1, -0.05) is 59.9 Å². The second-order valence-corrected chi connectivity index (χ2v) is 6.95. The summed E-state index contributed by atoms with van der Waals surface area (Å²) in [6.45, 7) is 1.96. The molecule has 5 nitrogen and oxygen atoms in total. The van der Waals surface area contributed by atoms with Crippen molar-refractivity contribution < 1.29 is 5.32 Å². The van der Waals surface area contributed by atoms with Crippen molar-refractivity contribution in [1.82, 2.24) is 14.3 Å². The van der Waals surface area contributed by atoms with Gasteiger partial charge in [-0.05, 0) is 19.1 Å². The summed E-state index contributed by atoms with van der Waals surface area (Å²) in [5.41, 5.74) is 4.41. The van der Waals surface area contributed by atoms with Gasteiger partial charge in [-0.3, -0.25) is 9.48 Å². The van der Waals surface area contributed by atoms with Crippen molar-refractivity contribution in [1.29, 1.82) is 0 Å². The summed E-state index contributed by atoms with van der Waals surface area (Å²) in [6.07, 6.45) is 0. The second kappa shape index (κ2) is 6.74. The standard InChI is InChI=1S/C20H18N4OS/c1-14-18(19(25)24(23(14)2)16-11-7-4-8-12-16)22-20-21-17(13-26-20)15-9-5-3-6-10-15/h3-13H,1-2H3,(H,21,22)/p+1. The Hall–Kier alpha value is -2.96. The maximum absolute atomic E-state index is 13.0. The summed E-state index contributed by atoms with van der Waals surface area (Å²) in [6, 6.07) is 19.7. The first-order valence-corrected chi connectivity index (χ1v) is 9.23. The Morgan fingerprint density at radius 1 is 1.00 bits per heavy atom. The van der Waals surface area contributed by atoms with Gasteiger partial charge < -0.3 is 0 Å². The SMILES string of the molecule is Cc1c([NH2+]c2nc(-c3ccccc3)cs2)c(=O)n(-c2ccccc2)n1C. The topological polar surface area (TPSA) is 56.4 Å². The molecule has 6 heteroatoms. The lowest BCUT2D eigenvalue weighted by atomic mass is 10.2. The zero-order chi connectivity index (χ0) is 18.1. The molecular weight excluding hydrogens is 344 g/mol. The van der Waals surface area contributed by atoms with Gasteiger partial charge in [0, 0.05) is 18.0 Å². The van der Waals surface area contributed by atoms with Crippen LogP contribution in [0.5, 0.6) is 0 Å². The Bertz CT molecular complexity index is 1090. The van der Waals surface area contributed by atoms with Crippen molar-refractivity contribution in [3.05, 3.63) is 82.1 Å². The summed E-state index contributed by atoms with van der Waals surface area (Å²) in [5.74, 6) is 0. The molecule has 2 aromatic carbocycles. The Morgan fingerprint density at radius 3 is 2.35 bits per heavy atom. The first-order chi connectivity index (χ1) is 12.6. The zero-order valence-electron chi connectivity index (χ0n) is 14.6. The van der Waals surface area contributed by atoms with E-state index in [0.29, 0.717) is 5.69 Å². The molecule has 0 spiro atoms. The molecule has 0 fully saturated rings. The van der Waals surface area contributed by atoms with E-state index in [0.717, 1.165) is 27.8 Å². The number of thiazole rings is 1. The zero-order valence-corrected chi connectivity index (χ0v) is 15.4. The number of nitrogens with zero attached hydrogens (tertiary/aromatic N) is 3. The third-order valence-corrected chi connectivity index (χ3v) is 5.25. The summed E-state index contributed by atoms with van der Waals surface area (Å²) in [7, 11) is 1.90. The van der Waals surface area contributed by atoms with E-state index in [1.807, 2.05) is 90.0 Å². The number of nitrogens with two attached hydrogens (primary N) is 1. The molecule has 0 aliphatic carbocycles. The number of hydrogen-bond donors (Lipinski definition) is 1. The van der Waals surface area contributed by atoms with Gasteiger partial charge in [-0.15, -0.1) is 0 Å². The average Bonchev–Trinajstić information content (AvgIpc) is 3.23. The number of benzene rings is 2. The van der Waals surface area contributed by atoms with Crippen LogP contribution in [0, 0.1) is 6.92 Å². The first kappa shape index (κ1) is 16.5. The van der Waals surface area contributed by atoms with Gasteiger partial charge in [0.2, 0.25) is 5.69 Å². The van der Waals surface area contributed by atoms with Gasteiger partial charge >= 0.3 is 5.56 Å². The molecule has 4 aromatic rings. The summed E-state index contributed by atoms with van der Waals surface area (Å²) in [4.78, 5) is 17.7. The minimum absolute atomic E-state index is 0.0346. The minimum Gasteiger partial charge on any atom is -0.279 e. The van der Waals surface area contributed by atoms with Crippen molar-refractivity contribution in [3.63, 3.8) is 0 Å². The predicted molar refractivity (Wildman–Crippen MR) is 105 cm³/mol. The lowest BCUT2D eigenvalue weighted by molar-refractivity contribution is -0.479. The van der Waals surface area contributed by atoms with E-state index < -0.39 is 0 Å². The molecule has 2 N–H and O–H groups in total. The van der Waals surface area contributed by atoms with Crippen LogP contribution < -0.4 is 10.9 Å². The Labute approximate surface area is 155 Å². The molecule has 26 heavy (non-hydrogen) atoms. The fourth-order valence-corrected chi connectivity index (χ4v) is 3.73. The van der Waals surface area contributed by atoms with Crippen LogP contribution in [0.1, 0.15) is 5.69 Å². The molecular formula is C20H19N4OS+. The largest absolute Gasteiger partial charge is 0.333 e. The Balaban J connectivity index is 1.70. The van der Waals surface area contributed by atoms with Crippen LogP contribution in [0.2, 0.25) is 0 Å². The van der Waals surface area contributed by atoms with Gasteiger partial charge in [0.25, 0.3) is 5.13 Å². The van der Waals surface area contributed by atoms with Crippen molar-refractivity contribution >= 4 is 22.2 Å². The molecule has 0 saturated heterocycles. The summed E-state index contributed by atoms with van der Waals surface area (Å²) in [5, 5.41) is 4.73. The highest BCUT2D eigenvalue weighted by Crippen LogP contribution is 2.22. The molecule has 0 bridgehead atoms. The number of rotatable bonds is 4. The highest BCUT2D eigenvalue weighted by atomic mass is 32.1. The van der Waals surface area contributed by atoms with Crippen LogP contribution in [0.3, 0.4) is 0 Å². The van der Waals surface area contributed by atoms with E-state index in [4.69, 9.17) is 0 Å². The van der Waals surface area contributed by atoms with Crippen LogP contribution >= 0.6 is 11.3 Å². The molecule has 4 rings (SSSR count). The molecule has 0 aliphatic heterocycles. The molecule has 2 heterocycles. The maximum Gasteiger partial charge on any atom is 0.333 e. The van der Waals surface area contributed by atoms with Gasteiger partial charge in [-0.25, -0.2) is 10.00 Å². The molecule has 0 aliphatic rings. The van der Waals surface area contributed by atoms with E-state index in [1.165, 1.54) is 0 Å². The fraction of sp³-hybridized carbons (Fsp3) is 0.100. The highest BCUT2D eigenvalue weighted by molar-refractivity contribution is 7.13. The van der Waals surface area contributed by atoms with Gasteiger partial charge in [0.1, 0.15) is 0 Å². The first-order valence-electron chi connectivity index (χ1n) is 8.35. The van der Waals surface area contributed by atoms with Crippen molar-refractivity contribution in [2.75, 3.05) is 0 Å². The second-order valence-electron chi connectivity index (χ2n) is 6.06. The Kier molecular flexibility index (Phi) is 4.28. The minimum atomic E-state index is -0.0346. The van der Waals surface area contributed by atoms with Crippen molar-refractivity contribution in [2.24, 2.45) is 7.05 Å². The Morgan fingerprint density at radius 2 is 1.65 bits per heavy atom. The van der Waals surface area contributed by atoms with Gasteiger partial charge in [0.15, 0.2) is 0 Å². The summed E-state index contributed by atoms with van der Waals surface area (Å²) < 4.78 is 3.57. The number of para-hydroxylation sites is 1. The lowest BCUT2D eigenvalue weighted by Crippen LogP contribution is -2.73. The normalized spacial score (nSPS) is 11.0. The van der Waals surface area contributed by atoms with Crippen LogP contribution in [0.25, 0.3) is 16.9 Å². The van der Waals surface area contributed by atoms with E-state index in [2.05, 4.69) is 4.98 Å². The summed E-state index contributed by atoms with van der Waals surface area (Å²) >= 11 is 1.54. The van der Waals surface area contributed by atoms with Crippen LogP contribution in [-0.4, -0.2) is 14.3 Å². The number of aromatic nitrogens is 3. The van der Waals surface area contributed by atoms with Gasteiger partial charge in [0.05, 0.1) is 17.1 Å². The molecule has 130 valence electrons. The maximum atomic E-state index is 13.0. The molecule has 0 atom stereocenters. The van der Waals surface area contributed by atoms with E-state index in [9.17, 15) is 4.79 Å². The molecule has 2 aromatic heterocycles. The highest BCUT2D eigenvalue weighted by Gasteiger charge is 2.21. The predicted octanol–water partition coefficient (Wildman–Crippen LogP) is 3.13. The van der Waals surface area contributed by atoms with E-state index in [1.54, 1.807) is 16.0 Å². The quantitative estimate of drug-likeness (QED) is 0.606. The lowest BCUT2D eigenvalue weighted by Gasteiger charge is -2.06. The third kappa shape index (κ3) is 2.89. The molecule has 0 unspecified atom stereocenters. The fourth-order valence-electron chi connectivity index (χ4n) is 2.97. The van der Waals surface area contributed by atoms with Crippen LogP contribution in [0.15, 0.2) is 70.8 Å². The monoisotopic (exact) mass is 363 g/mol. The number of hydrogen-bond acceptors (Lipinski definition) is 3. The van der Waals surface area contributed by atoms with Crippen LogP contribution in [-0.2, 0) is 7.05 Å². The smallest absolute Gasteiger partial charge is 0.279 e. The molecule has 0 saturated carbocycles. The van der Waals surface area contributed by atoms with E-state index in [-0.39, 0.29) is 5.56 Å². The van der Waals surface area contributed by atoms with Gasteiger partial charge in [-0.2, -0.15) is 4.98 Å². The van der Waals surface area contributed by atoms with Crippen molar-refractivity contribution in [2.45, 2.75) is 6.92 Å². The van der Waals surface area contributed by atoms with Crippen LogP contribution in [0.4, 0.5) is 10.8 Å². The third-order valence-electron chi connectivity index (χ3n) is 4.46. The molecule has 0 radical (unpaired) electrons. The average molecular weight is 363 g/mol.